The molecular weight excluding hydrogens is 301 g/mol. The molecule has 1 aromatic rings. The van der Waals surface area contributed by atoms with E-state index in [0.717, 1.165) is 6.42 Å². The Bertz CT molecular complexity index is 567. The first kappa shape index (κ1) is 16.4. The van der Waals surface area contributed by atoms with Gasteiger partial charge in [-0.25, -0.2) is 4.39 Å². The zero-order valence-corrected chi connectivity index (χ0v) is 13.3. The molecule has 2 aliphatic heterocycles. The zero-order valence-electron chi connectivity index (χ0n) is 13.3. The normalized spacial score (nSPS) is 32.7. The lowest BCUT2D eigenvalue weighted by Crippen LogP contribution is -2.51. The maximum absolute atomic E-state index is 14.3. The maximum Gasteiger partial charge on any atom is 0.310 e. The number of ether oxygens (including phenoxy) is 3. The molecule has 126 valence electrons. The summed E-state index contributed by atoms with van der Waals surface area (Å²) < 4.78 is 30.0. The Labute approximate surface area is 135 Å². The fourth-order valence-corrected chi connectivity index (χ4v) is 3.95. The predicted molar refractivity (Wildman–Crippen MR) is 81.3 cm³/mol. The van der Waals surface area contributed by atoms with Crippen LogP contribution in [-0.4, -0.2) is 45.2 Å². The van der Waals surface area contributed by atoms with Gasteiger partial charge in [0.15, 0.2) is 0 Å². The summed E-state index contributed by atoms with van der Waals surface area (Å²) >= 11 is 0. The monoisotopic (exact) mass is 323 g/mol. The SMILES string of the molecule is COCOC1CC2C[C@H](c3ccccc3F)[C@H](C(=O)OC)C1N2. The Hall–Kier alpha value is -1.50. The number of hydrogen-bond donors (Lipinski definition) is 1. The number of rotatable bonds is 5. The number of esters is 1. The van der Waals surface area contributed by atoms with E-state index in [2.05, 4.69) is 5.32 Å². The van der Waals surface area contributed by atoms with Crippen LogP contribution in [0.3, 0.4) is 0 Å². The largest absolute Gasteiger partial charge is 0.469 e. The number of hydrogen-bond acceptors (Lipinski definition) is 5. The number of carbonyl (C=O) groups is 1. The van der Waals surface area contributed by atoms with E-state index >= 15 is 0 Å². The van der Waals surface area contributed by atoms with E-state index in [0.29, 0.717) is 12.0 Å². The number of fused-ring (bicyclic) bond motifs is 2. The van der Waals surface area contributed by atoms with Crippen molar-refractivity contribution >= 4 is 5.97 Å². The number of piperidine rings is 1. The van der Waals surface area contributed by atoms with Gasteiger partial charge in [0.2, 0.25) is 0 Å². The molecule has 0 aromatic heterocycles. The molecule has 2 heterocycles. The van der Waals surface area contributed by atoms with Crippen LogP contribution < -0.4 is 5.32 Å². The molecule has 2 fully saturated rings. The van der Waals surface area contributed by atoms with Crippen molar-refractivity contribution in [3.05, 3.63) is 35.6 Å². The molecule has 1 aromatic carbocycles. The van der Waals surface area contributed by atoms with E-state index < -0.39 is 5.92 Å². The average Bonchev–Trinajstić information content (AvgIpc) is 2.88. The van der Waals surface area contributed by atoms with E-state index in [1.54, 1.807) is 25.3 Å². The van der Waals surface area contributed by atoms with Crippen molar-refractivity contribution in [2.75, 3.05) is 21.0 Å². The lowest BCUT2D eigenvalue weighted by atomic mass is 9.76. The molecule has 0 amide bonds. The standard InChI is InChI=1S/C17H22FNO4/c1-21-9-23-14-8-10-7-12(11-5-3-4-6-13(11)18)15(16(14)19-10)17(20)22-2/h3-6,10,12,14-16,19H,7-9H2,1-2H3/t10?,12-,14?,15+,16?/m1/s1. The summed E-state index contributed by atoms with van der Waals surface area (Å²) in [6, 6.07) is 6.66. The Morgan fingerprint density at radius 3 is 2.78 bits per heavy atom. The molecule has 2 aliphatic rings. The van der Waals surface area contributed by atoms with Crippen LogP contribution in [0.2, 0.25) is 0 Å². The van der Waals surface area contributed by atoms with Crippen molar-refractivity contribution < 1.29 is 23.4 Å². The molecule has 0 saturated carbocycles. The van der Waals surface area contributed by atoms with Crippen LogP contribution in [0.5, 0.6) is 0 Å². The van der Waals surface area contributed by atoms with Crippen molar-refractivity contribution in [1.82, 2.24) is 5.32 Å². The Kier molecular flexibility index (Phi) is 4.94. The van der Waals surface area contributed by atoms with Crippen molar-refractivity contribution in [2.45, 2.75) is 36.9 Å². The summed E-state index contributed by atoms with van der Waals surface area (Å²) in [6.45, 7) is 0.174. The first-order valence-electron chi connectivity index (χ1n) is 7.84. The van der Waals surface area contributed by atoms with Gasteiger partial charge in [-0.05, 0) is 24.5 Å². The molecule has 5 nitrogen and oxygen atoms in total. The van der Waals surface area contributed by atoms with Gasteiger partial charge in [0.25, 0.3) is 0 Å². The number of methoxy groups -OCH3 is 2. The zero-order chi connectivity index (χ0) is 16.4. The van der Waals surface area contributed by atoms with Crippen LogP contribution in [-0.2, 0) is 19.0 Å². The van der Waals surface area contributed by atoms with E-state index in [1.165, 1.54) is 13.2 Å². The fourth-order valence-electron chi connectivity index (χ4n) is 3.95. The lowest BCUT2D eigenvalue weighted by Gasteiger charge is -2.37. The number of carbonyl (C=O) groups excluding carboxylic acids is 1. The highest BCUT2D eigenvalue weighted by atomic mass is 19.1. The fraction of sp³-hybridized carbons (Fsp3) is 0.588. The summed E-state index contributed by atoms with van der Waals surface area (Å²) in [6.07, 6.45) is 1.33. The van der Waals surface area contributed by atoms with Gasteiger partial charge >= 0.3 is 5.97 Å². The van der Waals surface area contributed by atoms with E-state index in [1.807, 2.05) is 0 Å². The minimum atomic E-state index is -0.475. The summed E-state index contributed by atoms with van der Waals surface area (Å²) in [7, 11) is 2.93. The predicted octanol–water partition coefficient (Wildman–Crippen LogP) is 1.82. The van der Waals surface area contributed by atoms with Gasteiger partial charge in [-0.1, -0.05) is 18.2 Å². The van der Waals surface area contributed by atoms with Gasteiger partial charge < -0.3 is 19.5 Å². The number of benzene rings is 1. The molecule has 23 heavy (non-hydrogen) atoms. The van der Waals surface area contributed by atoms with Crippen molar-refractivity contribution in [2.24, 2.45) is 5.92 Å². The van der Waals surface area contributed by atoms with Gasteiger partial charge in [0.05, 0.1) is 19.1 Å². The summed E-state index contributed by atoms with van der Waals surface area (Å²) in [4.78, 5) is 12.4. The quantitative estimate of drug-likeness (QED) is 0.662. The topological polar surface area (TPSA) is 56.8 Å². The van der Waals surface area contributed by atoms with Crippen LogP contribution in [0, 0.1) is 11.7 Å². The molecular formula is C17H22FNO4. The van der Waals surface area contributed by atoms with E-state index in [4.69, 9.17) is 14.2 Å². The van der Waals surface area contributed by atoms with Crippen LogP contribution >= 0.6 is 0 Å². The first-order valence-corrected chi connectivity index (χ1v) is 7.84. The maximum atomic E-state index is 14.3. The molecule has 2 saturated heterocycles. The van der Waals surface area contributed by atoms with Crippen LogP contribution in [0.25, 0.3) is 0 Å². The van der Waals surface area contributed by atoms with E-state index in [-0.39, 0.29) is 42.7 Å². The molecule has 5 atom stereocenters. The third-order valence-corrected chi connectivity index (χ3v) is 4.88. The highest BCUT2D eigenvalue weighted by Crippen LogP contribution is 2.43. The molecule has 3 rings (SSSR count). The van der Waals surface area contributed by atoms with Crippen LogP contribution in [0.15, 0.2) is 24.3 Å². The first-order chi connectivity index (χ1) is 11.2. The van der Waals surface area contributed by atoms with Gasteiger partial charge in [-0.2, -0.15) is 0 Å². The second-order valence-electron chi connectivity index (χ2n) is 6.15. The minimum absolute atomic E-state index is 0.138. The average molecular weight is 323 g/mol. The molecule has 3 unspecified atom stereocenters. The third kappa shape index (κ3) is 3.11. The Balaban J connectivity index is 1.91. The van der Waals surface area contributed by atoms with Gasteiger partial charge in [0, 0.05) is 25.1 Å². The second-order valence-corrected chi connectivity index (χ2v) is 6.15. The highest BCUT2D eigenvalue weighted by molar-refractivity contribution is 5.75. The summed E-state index contributed by atoms with van der Waals surface area (Å²) in [5.74, 6) is -1.29. The molecule has 0 radical (unpaired) electrons. The second kappa shape index (κ2) is 6.95. The van der Waals surface area contributed by atoms with Crippen LogP contribution in [0.1, 0.15) is 24.3 Å². The molecule has 1 N–H and O–H groups in total. The van der Waals surface area contributed by atoms with Crippen LogP contribution in [0.4, 0.5) is 4.39 Å². The Morgan fingerprint density at radius 2 is 2.09 bits per heavy atom. The minimum Gasteiger partial charge on any atom is -0.469 e. The summed E-state index contributed by atoms with van der Waals surface area (Å²) in [5, 5.41) is 3.43. The van der Waals surface area contributed by atoms with Crippen molar-refractivity contribution in [3.63, 3.8) is 0 Å². The smallest absolute Gasteiger partial charge is 0.310 e. The van der Waals surface area contributed by atoms with Gasteiger partial charge in [-0.3, -0.25) is 4.79 Å². The molecule has 0 aliphatic carbocycles. The van der Waals surface area contributed by atoms with Crippen molar-refractivity contribution in [1.29, 1.82) is 0 Å². The van der Waals surface area contributed by atoms with E-state index in [9.17, 15) is 9.18 Å². The molecule has 2 bridgehead atoms. The highest BCUT2D eigenvalue weighted by Gasteiger charge is 2.52. The summed E-state index contributed by atoms with van der Waals surface area (Å²) in [5.41, 5.74) is 0.576. The number of nitrogens with one attached hydrogen (secondary N) is 1. The van der Waals surface area contributed by atoms with Gasteiger partial charge in [-0.15, -0.1) is 0 Å². The lowest BCUT2D eigenvalue weighted by molar-refractivity contribution is -0.151. The molecule has 6 heteroatoms. The number of halogens is 1. The van der Waals surface area contributed by atoms with Gasteiger partial charge in [0.1, 0.15) is 12.6 Å². The van der Waals surface area contributed by atoms with Crippen molar-refractivity contribution in [3.8, 4) is 0 Å². The third-order valence-electron chi connectivity index (χ3n) is 4.88. The molecule has 0 spiro atoms. The Morgan fingerprint density at radius 1 is 1.30 bits per heavy atom.